The lowest BCUT2D eigenvalue weighted by Gasteiger charge is -2.25. The Morgan fingerprint density at radius 1 is 1.39 bits per heavy atom. The SMILES string of the molecule is CN(C)C(=O)C1CCCN1C(=O)c1cc(-c2cccnc2)on1. The van der Waals surface area contributed by atoms with Gasteiger partial charge in [0.2, 0.25) is 5.91 Å². The Balaban J connectivity index is 1.81. The van der Waals surface area contributed by atoms with Crippen molar-refractivity contribution in [3.63, 3.8) is 0 Å². The molecule has 0 radical (unpaired) electrons. The van der Waals surface area contributed by atoms with Crippen LogP contribution in [0, 0.1) is 0 Å². The maximum atomic E-state index is 12.6. The molecule has 2 aromatic heterocycles. The van der Waals surface area contributed by atoms with Gasteiger partial charge in [-0.2, -0.15) is 0 Å². The first-order valence-corrected chi connectivity index (χ1v) is 7.47. The summed E-state index contributed by atoms with van der Waals surface area (Å²) < 4.78 is 5.24. The number of aromatic nitrogens is 2. The molecule has 0 saturated carbocycles. The number of likely N-dealkylation sites (N-methyl/N-ethyl adjacent to an activating group) is 1. The average molecular weight is 314 g/mol. The van der Waals surface area contributed by atoms with Crippen LogP contribution in [-0.4, -0.2) is 58.4 Å². The van der Waals surface area contributed by atoms with Crippen molar-refractivity contribution in [1.29, 1.82) is 0 Å². The van der Waals surface area contributed by atoms with E-state index in [9.17, 15) is 9.59 Å². The van der Waals surface area contributed by atoms with Crippen LogP contribution in [0.25, 0.3) is 11.3 Å². The third-order valence-electron chi connectivity index (χ3n) is 3.91. The summed E-state index contributed by atoms with van der Waals surface area (Å²) in [6.07, 6.45) is 4.79. The minimum atomic E-state index is -0.420. The van der Waals surface area contributed by atoms with Crippen LogP contribution >= 0.6 is 0 Å². The van der Waals surface area contributed by atoms with Gasteiger partial charge < -0.3 is 14.3 Å². The molecule has 0 spiro atoms. The molecule has 0 N–H and O–H groups in total. The molecule has 7 heteroatoms. The Morgan fingerprint density at radius 3 is 2.91 bits per heavy atom. The van der Waals surface area contributed by atoms with E-state index in [1.807, 2.05) is 6.07 Å². The van der Waals surface area contributed by atoms with Crippen molar-refractivity contribution in [3.8, 4) is 11.3 Å². The number of rotatable bonds is 3. The fraction of sp³-hybridized carbons (Fsp3) is 0.375. The molecule has 1 aliphatic rings. The number of likely N-dealkylation sites (tertiary alicyclic amines) is 1. The van der Waals surface area contributed by atoms with Crippen LogP contribution in [0.3, 0.4) is 0 Å². The molecule has 1 fully saturated rings. The molecule has 0 aliphatic carbocycles. The number of hydrogen-bond donors (Lipinski definition) is 0. The number of carbonyl (C=O) groups is 2. The molecule has 2 aromatic rings. The Kier molecular flexibility index (Phi) is 4.10. The van der Waals surface area contributed by atoms with Gasteiger partial charge in [-0.25, -0.2) is 0 Å². The summed E-state index contributed by atoms with van der Waals surface area (Å²) in [6.45, 7) is 0.554. The highest BCUT2D eigenvalue weighted by Crippen LogP contribution is 2.24. The summed E-state index contributed by atoms with van der Waals surface area (Å²) in [5.41, 5.74) is 0.962. The van der Waals surface area contributed by atoms with E-state index < -0.39 is 6.04 Å². The zero-order chi connectivity index (χ0) is 16.4. The summed E-state index contributed by atoms with van der Waals surface area (Å²) in [5.74, 6) is 0.143. The van der Waals surface area contributed by atoms with Gasteiger partial charge in [0, 0.05) is 44.7 Å². The van der Waals surface area contributed by atoms with E-state index in [2.05, 4.69) is 10.1 Å². The molecule has 3 rings (SSSR count). The summed E-state index contributed by atoms with van der Waals surface area (Å²) in [4.78, 5) is 31.9. The van der Waals surface area contributed by atoms with Gasteiger partial charge in [0.05, 0.1) is 0 Å². The van der Waals surface area contributed by atoms with Gasteiger partial charge in [0.15, 0.2) is 11.5 Å². The van der Waals surface area contributed by atoms with Gasteiger partial charge in [-0.1, -0.05) is 5.16 Å². The molecule has 7 nitrogen and oxygen atoms in total. The maximum Gasteiger partial charge on any atom is 0.276 e. The summed E-state index contributed by atoms with van der Waals surface area (Å²) in [5, 5.41) is 3.86. The van der Waals surface area contributed by atoms with Crippen LogP contribution in [0.4, 0.5) is 0 Å². The van der Waals surface area contributed by atoms with E-state index in [-0.39, 0.29) is 17.5 Å². The van der Waals surface area contributed by atoms with Crippen LogP contribution < -0.4 is 0 Å². The zero-order valence-corrected chi connectivity index (χ0v) is 13.1. The van der Waals surface area contributed by atoms with Crippen molar-refractivity contribution >= 4 is 11.8 Å². The molecule has 120 valence electrons. The Bertz CT molecular complexity index is 711. The van der Waals surface area contributed by atoms with Crippen LogP contribution in [-0.2, 0) is 4.79 Å². The van der Waals surface area contributed by atoms with Crippen LogP contribution in [0.5, 0.6) is 0 Å². The third-order valence-corrected chi connectivity index (χ3v) is 3.91. The zero-order valence-electron chi connectivity index (χ0n) is 13.1. The van der Waals surface area contributed by atoms with E-state index in [0.717, 1.165) is 12.0 Å². The predicted molar refractivity (Wildman–Crippen MR) is 82.5 cm³/mol. The second kappa shape index (κ2) is 6.20. The van der Waals surface area contributed by atoms with Crippen molar-refractivity contribution in [2.75, 3.05) is 20.6 Å². The summed E-state index contributed by atoms with van der Waals surface area (Å²) in [6, 6.07) is 4.78. The molecule has 1 atom stereocenters. The number of hydrogen-bond acceptors (Lipinski definition) is 5. The van der Waals surface area contributed by atoms with Crippen LogP contribution in [0.1, 0.15) is 23.3 Å². The molecule has 3 heterocycles. The molecule has 23 heavy (non-hydrogen) atoms. The Labute approximate surface area is 133 Å². The van der Waals surface area contributed by atoms with Gasteiger partial charge in [-0.15, -0.1) is 0 Å². The predicted octanol–water partition coefficient (Wildman–Crippen LogP) is 1.43. The number of nitrogens with zero attached hydrogens (tertiary/aromatic N) is 4. The van der Waals surface area contributed by atoms with Crippen molar-refractivity contribution < 1.29 is 14.1 Å². The molecule has 2 amide bonds. The quantitative estimate of drug-likeness (QED) is 0.856. The molecule has 1 saturated heterocycles. The topological polar surface area (TPSA) is 79.5 Å². The van der Waals surface area contributed by atoms with Gasteiger partial charge in [0.1, 0.15) is 6.04 Å². The number of amides is 2. The van der Waals surface area contributed by atoms with Gasteiger partial charge in [0.25, 0.3) is 5.91 Å². The van der Waals surface area contributed by atoms with Crippen molar-refractivity contribution in [2.24, 2.45) is 0 Å². The Morgan fingerprint density at radius 2 is 2.22 bits per heavy atom. The first-order chi connectivity index (χ1) is 11.1. The second-order valence-corrected chi connectivity index (χ2v) is 5.71. The standard InChI is InChI=1S/C16H18N4O3/c1-19(2)16(22)13-6-4-8-20(13)15(21)12-9-14(23-18-12)11-5-3-7-17-10-11/h3,5,7,9-10,13H,4,6,8H2,1-2H3. The molecule has 0 bridgehead atoms. The minimum Gasteiger partial charge on any atom is -0.355 e. The normalized spacial score (nSPS) is 17.3. The minimum absolute atomic E-state index is 0.0631. The van der Waals surface area contributed by atoms with E-state index in [1.165, 1.54) is 4.90 Å². The molecule has 1 unspecified atom stereocenters. The first-order valence-electron chi connectivity index (χ1n) is 7.47. The fourth-order valence-electron chi connectivity index (χ4n) is 2.73. The van der Waals surface area contributed by atoms with Gasteiger partial charge in [-0.05, 0) is 25.0 Å². The van der Waals surface area contributed by atoms with Crippen molar-refractivity contribution in [2.45, 2.75) is 18.9 Å². The average Bonchev–Trinajstić information content (AvgIpc) is 3.23. The monoisotopic (exact) mass is 314 g/mol. The summed E-state index contributed by atoms with van der Waals surface area (Å²) >= 11 is 0. The highest BCUT2D eigenvalue weighted by Gasteiger charge is 2.36. The van der Waals surface area contributed by atoms with Crippen LogP contribution in [0.2, 0.25) is 0 Å². The smallest absolute Gasteiger partial charge is 0.276 e. The van der Waals surface area contributed by atoms with E-state index >= 15 is 0 Å². The highest BCUT2D eigenvalue weighted by atomic mass is 16.5. The first kappa shape index (κ1) is 15.2. The molecular weight excluding hydrogens is 296 g/mol. The fourth-order valence-corrected chi connectivity index (χ4v) is 2.73. The van der Waals surface area contributed by atoms with Gasteiger partial charge in [-0.3, -0.25) is 14.6 Å². The van der Waals surface area contributed by atoms with E-state index in [4.69, 9.17) is 4.52 Å². The Hall–Kier alpha value is -2.70. The highest BCUT2D eigenvalue weighted by molar-refractivity contribution is 5.97. The summed E-state index contributed by atoms with van der Waals surface area (Å²) in [7, 11) is 3.39. The number of pyridine rings is 1. The lowest BCUT2D eigenvalue weighted by atomic mass is 10.2. The third kappa shape index (κ3) is 2.94. The maximum absolute atomic E-state index is 12.6. The van der Waals surface area contributed by atoms with Crippen LogP contribution in [0.15, 0.2) is 35.1 Å². The van der Waals surface area contributed by atoms with Crippen molar-refractivity contribution in [1.82, 2.24) is 19.9 Å². The molecule has 1 aliphatic heterocycles. The molecular formula is C16H18N4O3. The van der Waals surface area contributed by atoms with E-state index in [1.54, 1.807) is 43.5 Å². The largest absolute Gasteiger partial charge is 0.355 e. The van der Waals surface area contributed by atoms with E-state index in [0.29, 0.717) is 18.7 Å². The lowest BCUT2D eigenvalue weighted by Crippen LogP contribution is -2.45. The second-order valence-electron chi connectivity index (χ2n) is 5.71. The molecule has 0 aromatic carbocycles. The number of carbonyl (C=O) groups excluding carboxylic acids is 2. The van der Waals surface area contributed by atoms with Crippen molar-refractivity contribution in [3.05, 3.63) is 36.3 Å². The van der Waals surface area contributed by atoms with Gasteiger partial charge >= 0.3 is 0 Å². The lowest BCUT2D eigenvalue weighted by molar-refractivity contribution is -0.132.